The first-order valence-corrected chi connectivity index (χ1v) is 8.65. The van der Waals surface area contributed by atoms with Crippen molar-refractivity contribution in [3.63, 3.8) is 0 Å². The Morgan fingerprint density at radius 2 is 2.16 bits per heavy atom. The summed E-state index contributed by atoms with van der Waals surface area (Å²) >= 11 is 0. The number of carbonyl (C=O) groups excluding carboxylic acids is 1. The largest absolute Gasteiger partial charge is 0.416 e. The lowest BCUT2D eigenvalue weighted by Crippen LogP contribution is -2.48. The van der Waals surface area contributed by atoms with Crippen molar-refractivity contribution in [1.82, 2.24) is 10.6 Å². The molecule has 0 bridgehead atoms. The van der Waals surface area contributed by atoms with Crippen LogP contribution in [0.15, 0.2) is 24.3 Å². The average Bonchev–Trinajstić information content (AvgIpc) is 2.54. The minimum Gasteiger partial charge on any atom is -0.378 e. The van der Waals surface area contributed by atoms with Crippen molar-refractivity contribution in [1.29, 1.82) is 0 Å². The topological polar surface area (TPSA) is 50.4 Å². The smallest absolute Gasteiger partial charge is 0.378 e. The van der Waals surface area contributed by atoms with Crippen molar-refractivity contribution in [3.05, 3.63) is 35.4 Å². The van der Waals surface area contributed by atoms with Crippen molar-refractivity contribution in [3.8, 4) is 0 Å². The molecule has 25 heavy (non-hydrogen) atoms. The third-order valence-electron chi connectivity index (χ3n) is 5.17. The standard InChI is InChI=1S/C18H23F3N2O2/c19-18(20,21)14-4-1-3-13(9-14)17(5-2-6-17)12-23-16(24)10-15-11-25-8-7-22-15/h1,3-4,9,15,22H,2,5-8,10-12H2,(H,23,24). The predicted octanol–water partition coefficient (Wildman–Crippen LogP) is 2.62. The summed E-state index contributed by atoms with van der Waals surface area (Å²) in [5.41, 5.74) is -0.355. The zero-order valence-electron chi connectivity index (χ0n) is 14.0. The minimum absolute atomic E-state index is 0.000326. The third-order valence-corrected chi connectivity index (χ3v) is 5.17. The van der Waals surface area contributed by atoms with Crippen molar-refractivity contribution in [2.45, 2.75) is 43.3 Å². The molecular weight excluding hydrogens is 333 g/mol. The highest BCUT2D eigenvalue weighted by molar-refractivity contribution is 5.76. The molecule has 1 amide bonds. The van der Waals surface area contributed by atoms with Crippen LogP contribution in [-0.4, -0.2) is 38.3 Å². The molecule has 1 aromatic carbocycles. The molecule has 1 saturated heterocycles. The summed E-state index contributed by atoms with van der Waals surface area (Å²) < 4.78 is 44.2. The van der Waals surface area contributed by atoms with Gasteiger partial charge in [0.15, 0.2) is 0 Å². The second kappa shape index (κ2) is 7.33. The Kier molecular flexibility index (Phi) is 5.34. The molecule has 1 atom stereocenters. The molecular formula is C18H23F3N2O2. The fraction of sp³-hybridized carbons (Fsp3) is 0.611. The molecule has 1 aromatic rings. The quantitative estimate of drug-likeness (QED) is 0.853. The monoisotopic (exact) mass is 356 g/mol. The van der Waals surface area contributed by atoms with Gasteiger partial charge >= 0.3 is 6.18 Å². The van der Waals surface area contributed by atoms with Gasteiger partial charge in [-0.25, -0.2) is 0 Å². The van der Waals surface area contributed by atoms with Crippen LogP contribution in [0.4, 0.5) is 13.2 Å². The van der Waals surface area contributed by atoms with Crippen LogP contribution in [0.25, 0.3) is 0 Å². The van der Waals surface area contributed by atoms with Crippen LogP contribution in [0.5, 0.6) is 0 Å². The molecule has 138 valence electrons. The van der Waals surface area contributed by atoms with Crippen LogP contribution < -0.4 is 10.6 Å². The van der Waals surface area contributed by atoms with Gasteiger partial charge in [0, 0.05) is 31.0 Å². The van der Waals surface area contributed by atoms with Gasteiger partial charge in [0.25, 0.3) is 0 Å². The maximum absolute atomic E-state index is 13.0. The first-order valence-electron chi connectivity index (χ1n) is 8.65. The lowest BCUT2D eigenvalue weighted by molar-refractivity contribution is -0.137. The number of alkyl halides is 3. The van der Waals surface area contributed by atoms with Crippen LogP contribution in [0.2, 0.25) is 0 Å². The number of amides is 1. The van der Waals surface area contributed by atoms with E-state index in [0.717, 1.165) is 31.9 Å². The van der Waals surface area contributed by atoms with E-state index in [-0.39, 0.29) is 17.4 Å². The van der Waals surface area contributed by atoms with Gasteiger partial charge in [-0.3, -0.25) is 4.79 Å². The Balaban J connectivity index is 1.62. The zero-order chi connectivity index (χ0) is 17.9. The van der Waals surface area contributed by atoms with Crippen LogP contribution in [0, 0.1) is 0 Å². The molecule has 2 aliphatic rings. The van der Waals surface area contributed by atoms with Crippen molar-refractivity contribution >= 4 is 5.91 Å². The van der Waals surface area contributed by atoms with Gasteiger partial charge in [-0.2, -0.15) is 13.2 Å². The number of nitrogens with one attached hydrogen (secondary N) is 2. The van der Waals surface area contributed by atoms with E-state index in [1.54, 1.807) is 6.07 Å². The Labute approximate surface area is 145 Å². The summed E-state index contributed by atoms with van der Waals surface area (Å²) in [6.07, 6.45) is -1.49. The van der Waals surface area contributed by atoms with E-state index in [2.05, 4.69) is 10.6 Å². The molecule has 1 aliphatic carbocycles. The van der Waals surface area contributed by atoms with Crippen molar-refractivity contribution < 1.29 is 22.7 Å². The van der Waals surface area contributed by atoms with E-state index in [1.165, 1.54) is 12.1 Å². The normalized spacial score (nSPS) is 22.9. The maximum atomic E-state index is 13.0. The lowest BCUT2D eigenvalue weighted by Gasteiger charge is -2.43. The molecule has 0 aromatic heterocycles. The molecule has 3 rings (SSSR count). The Hall–Kier alpha value is -1.60. The summed E-state index contributed by atoms with van der Waals surface area (Å²) in [6.45, 7) is 2.26. The van der Waals surface area contributed by atoms with Gasteiger partial charge < -0.3 is 15.4 Å². The summed E-state index contributed by atoms with van der Waals surface area (Å²) in [5.74, 6) is -0.0961. The minimum atomic E-state index is -4.35. The van der Waals surface area contributed by atoms with Gasteiger partial charge in [0.2, 0.25) is 5.91 Å². The number of morpholine rings is 1. The first-order chi connectivity index (χ1) is 11.9. The molecule has 1 unspecified atom stereocenters. The molecule has 7 heteroatoms. The SMILES string of the molecule is O=C(CC1COCCN1)NCC1(c2cccc(C(F)(F)F)c2)CCC1. The third kappa shape index (κ3) is 4.33. The maximum Gasteiger partial charge on any atom is 0.416 e. The van der Waals surface area contributed by atoms with Gasteiger partial charge in [0.1, 0.15) is 0 Å². The van der Waals surface area contributed by atoms with Gasteiger partial charge in [-0.1, -0.05) is 24.6 Å². The average molecular weight is 356 g/mol. The molecule has 0 radical (unpaired) electrons. The molecule has 1 heterocycles. The highest BCUT2D eigenvalue weighted by Gasteiger charge is 2.40. The number of hydrogen-bond donors (Lipinski definition) is 2. The van der Waals surface area contributed by atoms with Gasteiger partial charge in [0.05, 0.1) is 18.8 Å². The molecule has 1 saturated carbocycles. The van der Waals surface area contributed by atoms with E-state index < -0.39 is 11.7 Å². The molecule has 2 fully saturated rings. The fourth-order valence-corrected chi connectivity index (χ4v) is 3.51. The fourth-order valence-electron chi connectivity index (χ4n) is 3.51. The van der Waals surface area contributed by atoms with Crippen LogP contribution >= 0.6 is 0 Å². The number of rotatable bonds is 5. The van der Waals surface area contributed by atoms with E-state index in [1.807, 2.05) is 0 Å². The second-order valence-electron chi connectivity index (χ2n) is 6.92. The highest BCUT2D eigenvalue weighted by atomic mass is 19.4. The van der Waals surface area contributed by atoms with E-state index in [0.29, 0.717) is 31.7 Å². The summed E-state index contributed by atoms with van der Waals surface area (Å²) in [7, 11) is 0. The Bertz CT molecular complexity index is 609. The number of ether oxygens (including phenoxy) is 1. The van der Waals surface area contributed by atoms with E-state index >= 15 is 0 Å². The summed E-state index contributed by atoms with van der Waals surface area (Å²) in [4.78, 5) is 12.2. The van der Waals surface area contributed by atoms with E-state index in [4.69, 9.17) is 4.74 Å². The van der Waals surface area contributed by atoms with E-state index in [9.17, 15) is 18.0 Å². The number of halogens is 3. The highest BCUT2D eigenvalue weighted by Crippen LogP contribution is 2.44. The van der Waals surface area contributed by atoms with Crippen LogP contribution in [0.3, 0.4) is 0 Å². The Morgan fingerprint density at radius 1 is 1.36 bits per heavy atom. The Morgan fingerprint density at radius 3 is 2.76 bits per heavy atom. The number of benzene rings is 1. The second-order valence-corrected chi connectivity index (χ2v) is 6.92. The number of carbonyl (C=O) groups is 1. The van der Waals surface area contributed by atoms with Crippen molar-refractivity contribution in [2.24, 2.45) is 0 Å². The van der Waals surface area contributed by atoms with Gasteiger partial charge in [-0.15, -0.1) is 0 Å². The summed E-state index contributed by atoms with van der Waals surface area (Å²) in [6, 6.07) is 5.49. The first kappa shape index (κ1) is 18.2. The number of hydrogen-bond acceptors (Lipinski definition) is 3. The zero-order valence-corrected chi connectivity index (χ0v) is 14.0. The predicted molar refractivity (Wildman–Crippen MR) is 87.2 cm³/mol. The molecule has 0 spiro atoms. The van der Waals surface area contributed by atoms with Crippen molar-refractivity contribution in [2.75, 3.05) is 26.3 Å². The summed E-state index contributed by atoms with van der Waals surface area (Å²) in [5, 5.41) is 6.13. The molecule has 2 N–H and O–H groups in total. The van der Waals surface area contributed by atoms with Gasteiger partial charge in [-0.05, 0) is 24.5 Å². The van der Waals surface area contributed by atoms with Crippen LogP contribution in [0.1, 0.15) is 36.8 Å². The molecule has 1 aliphatic heterocycles. The molecule has 4 nitrogen and oxygen atoms in total. The van der Waals surface area contributed by atoms with Crippen LogP contribution in [-0.2, 0) is 21.1 Å². The lowest BCUT2D eigenvalue weighted by atomic mass is 9.64.